The highest BCUT2D eigenvalue weighted by atomic mass is 15.5. The van der Waals surface area contributed by atoms with Gasteiger partial charge in [-0.25, -0.2) is 5.01 Å². The Morgan fingerprint density at radius 2 is 1.50 bits per heavy atom. The number of nitrogens with zero attached hydrogens (tertiary/aromatic N) is 3. The summed E-state index contributed by atoms with van der Waals surface area (Å²) in [5.74, 6) is 7.09. The number of nitriles is 2. The van der Waals surface area contributed by atoms with Gasteiger partial charge in [-0.05, 0) is 43.9 Å². The van der Waals surface area contributed by atoms with E-state index in [1.165, 1.54) is 6.42 Å². The monoisotopic (exact) mass is 244 g/mol. The van der Waals surface area contributed by atoms with Gasteiger partial charge in [0, 0.05) is 0 Å². The summed E-state index contributed by atoms with van der Waals surface area (Å²) >= 11 is 0. The highest BCUT2D eigenvalue weighted by Crippen LogP contribution is 2.55. The zero-order valence-electron chi connectivity index (χ0n) is 10.7. The fraction of sp³-hybridized carbons (Fsp3) is 0.857. The molecule has 0 spiro atoms. The maximum atomic E-state index is 9.70. The van der Waals surface area contributed by atoms with Crippen molar-refractivity contribution >= 4 is 0 Å². The van der Waals surface area contributed by atoms with E-state index in [9.17, 15) is 10.5 Å². The van der Waals surface area contributed by atoms with Crippen molar-refractivity contribution in [3.8, 4) is 12.1 Å². The maximum absolute atomic E-state index is 9.70. The van der Waals surface area contributed by atoms with E-state index in [-0.39, 0.29) is 0 Å². The van der Waals surface area contributed by atoms with Crippen LogP contribution in [0, 0.1) is 34.5 Å². The van der Waals surface area contributed by atoms with E-state index in [0.29, 0.717) is 11.8 Å². The van der Waals surface area contributed by atoms with Crippen molar-refractivity contribution in [2.75, 3.05) is 0 Å². The first-order chi connectivity index (χ1) is 8.69. The van der Waals surface area contributed by atoms with Gasteiger partial charge in [-0.1, -0.05) is 19.3 Å². The van der Waals surface area contributed by atoms with Crippen molar-refractivity contribution in [2.45, 2.75) is 62.4 Å². The molecule has 3 aliphatic rings. The van der Waals surface area contributed by atoms with Crippen LogP contribution in [0.3, 0.4) is 0 Å². The van der Waals surface area contributed by atoms with Crippen LogP contribution in [-0.4, -0.2) is 16.1 Å². The maximum Gasteiger partial charge on any atom is 0.126 e. The predicted molar refractivity (Wildman–Crippen MR) is 66.6 cm³/mol. The van der Waals surface area contributed by atoms with Crippen molar-refractivity contribution in [1.29, 1.82) is 10.5 Å². The first-order valence-electron chi connectivity index (χ1n) is 7.07. The third-order valence-corrected chi connectivity index (χ3v) is 5.64. The number of rotatable bonds is 0. The summed E-state index contributed by atoms with van der Waals surface area (Å²) < 4.78 is 0. The van der Waals surface area contributed by atoms with Crippen LogP contribution in [0.25, 0.3) is 0 Å². The van der Waals surface area contributed by atoms with Crippen molar-refractivity contribution < 1.29 is 0 Å². The quantitative estimate of drug-likeness (QED) is 0.662. The van der Waals surface area contributed by atoms with Crippen molar-refractivity contribution in [2.24, 2.45) is 17.7 Å². The minimum Gasteiger partial charge on any atom is -0.266 e. The minimum absolute atomic E-state index is 0.367. The molecule has 4 heteroatoms. The minimum atomic E-state index is -0.575. The molecule has 0 aromatic rings. The van der Waals surface area contributed by atoms with Gasteiger partial charge in [0.05, 0.1) is 12.1 Å². The molecule has 1 heterocycles. The highest BCUT2D eigenvalue weighted by Gasteiger charge is 2.62. The molecule has 1 saturated heterocycles. The fourth-order valence-electron chi connectivity index (χ4n) is 4.65. The predicted octanol–water partition coefficient (Wildman–Crippen LogP) is 2.08. The van der Waals surface area contributed by atoms with E-state index in [4.69, 9.17) is 5.84 Å². The number of nitrogens with two attached hydrogens (primary N) is 1. The Balaban J connectivity index is 2.05. The first-order valence-corrected chi connectivity index (χ1v) is 7.07. The van der Waals surface area contributed by atoms with E-state index in [2.05, 4.69) is 12.1 Å². The molecule has 18 heavy (non-hydrogen) atoms. The highest BCUT2D eigenvalue weighted by molar-refractivity contribution is 5.26. The summed E-state index contributed by atoms with van der Waals surface area (Å²) in [7, 11) is 0. The van der Waals surface area contributed by atoms with Gasteiger partial charge in [-0.3, -0.25) is 5.84 Å². The zero-order chi connectivity index (χ0) is 12.8. The average Bonchev–Trinajstić information content (AvgIpc) is 2.83. The fourth-order valence-corrected chi connectivity index (χ4v) is 4.65. The Morgan fingerprint density at radius 1 is 0.944 bits per heavy atom. The van der Waals surface area contributed by atoms with Crippen LogP contribution in [0.1, 0.15) is 51.4 Å². The number of hydrazine groups is 1. The molecule has 96 valence electrons. The largest absolute Gasteiger partial charge is 0.266 e. The average molecular weight is 244 g/mol. The lowest BCUT2D eigenvalue weighted by atomic mass is 9.62. The summed E-state index contributed by atoms with van der Waals surface area (Å²) in [5.41, 5.74) is -1.14. The molecule has 3 rings (SSSR count). The molecule has 0 aromatic carbocycles. The summed E-state index contributed by atoms with van der Waals surface area (Å²) in [6, 6.07) is 4.96. The first kappa shape index (κ1) is 12.0. The van der Waals surface area contributed by atoms with Gasteiger partial charge < -0.3 is 0 Å². The Morgan fingerprint density at radius 3 is 2.11 bits per heavy atom. The lowest BCUT2D eigenvalue weighted by molar-refractivity contribution is -0.0864. The Kier molecular flexibility index (Phi) is 2.62. The summed E-state index contributed by atoms with van der Waals surface area (Å²) in [6.45, 7) is 0. The molecule has 4 atom stereocenters. The second kappa shape index (κ2) is 3.95. The van der Waals surface area contributed by atoms with E-state index >= 15 is 0 Å². The summed E-state index contributed by atoms with van der Waals surface area (Å²) in [5, 5.41) is 21.0. The molecule has 0 unspecified atom stereocenters. The van der Waals surface area contributed by atoms with Gasteiger partial charge in [0.2, 0.25) is 0 Å². The third kappa shape index (κ3) is 1.25. The SMILES string of the molecule is N#C[C@]12CCCC[C@@H]1C[C@@H]1CCC[C@]1(C#N)N2N. The van der Waals surface area contributed by atoms with E-state index < -0.39 is 11.1 Å². The van der Waals surface area contributed by atoms with E-state index in [1.54, 1.807) is 5.01 Å². The van der Waals surface area contributed by atoms with Crippen LogP contribution in [0.15, 0.2) is 0 Å². The summed E-state index contributed by atoms with van der Waals surface area (Å²) in [6.07, 6.45) is 8.22. The summed E-state index contributed by atoms with van der Waals surface area (Å²) in [4.78, 5) is 0. The molecule has 2 N–H and O–H groups in total. The van der Waals surface area contributed by atoms with Crippen LogP contribution in [-0.2, 0) is 0 Å². The van der Waals surface area contributed by atoms with Crippen LogP contribution in [0.4, 0.5) is 0 Å². The van der Waals surface area contributed by atoms with Crippen molar-refractivity contribution in [1.82, 2.24) is 5.01 Å². The van der Waals surface area contributed by atoms with Gasteiger partial charge in [-0.15, -0.1) is 0 Å². The van der Waals surface area contributed by atoms with Crippen molar-refractivity contribution in [3.05, 3.63) is 0 Å². The Bertz CT molecular complexity index is 434. The molecule has 1 aliphatic heterocycles. The lowest BCUT2D eigenvalue weighted by Gasteiger charge is -2.56. The zero-order valence-corrected chi connectivity index (χ0v) is 10.7. The van der Waals surface area contributed by atoms with Crippen LogP contribution < -0.4 is 5.84 Å². The molecular formula is C14H20N4. The Labute approximate surface area is 108 Å². The third-order valence-electron chi connectivity index (χ3n) is 5.64. The van der Waals surface area contributed by atoms with Crippen LogP contribution in [0.2, 0.25) is 0 Å². The van der Waals surface area contributed by atoms with Gasteiger partial charge in [-0.2, -0.15) is 10.5 Å². The van der Waals surface area contributed by atoms with Gasteiger partial charge in [0.15, 0.2) is 0 Å². The number of hydrogen-bond donors (Lipinski definition) is 1. The molecule has 0 amide bonds. The van der Waals surface area contributed by atoms with Crippen LogP contribution >= 0.6 is 0 Å². The molecule has 4 nitrogen and oxygen atoms in total. The van der Waals surface area contributed by atoms with E-state index in [0.717, 1.165) is 44.9 Å². The second-order valence-corrected chi connectivity index (χ2v) is 6.21. The molecule has 2 aliphatic carbocycles. The lowest BCUT2D eigenvalue weighted by Crippen LogP contribution is -2.71. The molecule has 2 saturated carbocycles. The van der Waals surface area contributed by atoms with Gasteiger partial charge >= 0.3 is 0 Å². The van der Waals surface area contributed by atoms with Crippen LogP contribution in [0.5, 0.6) is 0 Å². The Hall–Kier alpha value is -1.10. The van der Waals surface area contributed by atoms with Gasteiger partial charge in [0.1, 0.15) is 11.1 Å². The molecular weight excluding hydrogens is 224 g/mol. The van der Waals surface area contributed by atoms with E-state index in [1.807, 2.05) is 0 Å². The smallest absolute Gasteiger partial charge is 0.126 e. The standard InChI is InChI=1S/C14H20N4/c15-9-13-6-2-1-4-11(13)8-12-5-3-7-14(12,10-16)18(13)17/h11-12H,1-8,17H2/t11-,12+,13-,14-/m1/s1. The molecule has 0 aromatic heterocycles. The number of piperidine rings is 1. The number of hydrogen-bond acceptors (Lipinski definition) is 4. The van der Waals surface area contributed by atoms with Crippen molar-refractivity contribution in [3.63, 3.8) is 0 Å². The second-order valence-electron chi connectivity index (χ2n) is 6.21. The molecule has 0 bridgehead atoms. The normalized spacial score (nSPS) is 47.7. The van der Waals surface area contributed by atoms with Gasteiger partial charge in [0.25, 0.3) is 0 Å². The molecule has 0 radical (unpaired) electrons. The molecule has 3 fully saturated rings. The number of fused-ring (bicyclic) bond motifs is 2. The topological polar surface area (TPSA) is 76.8 Å².